The smallest absolute Gasteiger partial charge is 0.255 e. The van der Waals surface area contributed by atoms with Crippen LogP contribution in [0, 0.1) is 11.3 Å². The Morgan fingerprint density at radius 1 is 1.25 bits per heavy atom. The summed E-state index contributed by atoms with van der Waals surface area (Å²) in [5.74, 6) is 0. The van der Waals surface area contributed by atoms with Crippen LogP contribution in [0.1, 0.15) is 11.1 Å². The van der Waals surface area contributed by atoms with Crippen LogP contribution in [0.4, 0.5) is 13.2 Å². The van der Waals surface area contributed by atoms with Gasteiger partial charge < -0.3 is 0 Å². The van der Waals surface area contributed by atoms with Crippen molar-refractivity contribution in [3.63, 3.8) is 0 Å². The number of halogens is 4. The van der Waals surface area contributed by atoms with Gasteiger partial charge in [-0.05, 0) is 23.8 Å². The van der Waals surface area contributed by atoms with Crippen molar-refractivity contribution in [3.8, 4) is 17.3 Å². The SMILES string of the molecule is N#CCc1ccnc(-c2cccc(C(F)(F)F)c2)c1Cl. The number of aromatic nitrogens is 1. The maximum Gasteiger partial charge on any atom is 0.416 e. The molecule has 0 aliphatic heterocycles. The average molecular weight is 297 g/mol. The van der Waals surface area contributed by atoms with Gasteiger partial charge >= 0.3 is 6.18 Å². The van der Waals surface area contributed by atoms with E-state index in [-0.39, 0.29) is 22.7 Å². The molecule has 0 unspecified atom stereocenters. The van der Waals surface area contributed by atoms with Crippen molar-refractivity contribution in [1.29, 1.82) is 5.26 Å². The molecule has 1 aromatic carbocycles. The van der Waals surface area contributed by atoms with E-state index in [1.807, 2.05) is 6.07 Å². The molecule has 1 heterocycles. The van der Waals surface area contributed by atoms with Gasteiger partial charge in [0.1, 0.15) is 0 Å². The van der Waals surface area contributed by atoms with Crippen molar-refractivity contribution >= 4 is 11.6 Å². The van der Waals surface area contributed by atoms with Crippen molar-refractivity contribution in [2.24, 2.45) is 0 Å². The lowest BCUT2D eigenvalue weighted by Crippen LogP contribution is -2.04. The molecule has 0 spiro atoms. The minimum Gasteiger partial charge on any atom is -0.255 e. The molecule has 0 aliphatic carbocycles. The fourth-order valence-corrected chi connectivity index (χ4v) is 2.04. The van der Waals surface area contributed by atoms with Gasteiger partial charge in [-0.3, -0.25) is 4.98 Å². The highest BCUT2D eigenvalue weighted by molar-refractivity contribution is 6.33. The number of benzene rings is 1. The van der Waals surface area contributed by atoms with Gasteiger partial charge in [-0.15, -0.1) is 0 Å². The lowest BCUT2D eigenvalue weighted by molar-refractivity contribution is -0.137. The van der Waals surface area contributed by atoms with Crippen molar-refractivity contribution in [2.75, 3.05) is 0 Å². The maximum absolute atomic E-state index is 12.7. The van der Waals surface area contributed by atoms with E-state index in [9.17, 15) is 13.2 Å². The van der Waals surface area contributed by atoms with E-state index in [0.717, 1.165) is 12.1 Å². The highest BCUT2D eigenvalue weighted by Gasteiger charge is 2.30. The zero-order valence-electron chi connectivity index (χ0n) is 10.1. The second-order valence-corrected chi connectivity index (χ2v) is 4.42. The molecule has 0 atom stereocenters. The van der Waals surface area contributed by atoms with Gasteiger partial charge in [-0.1, -0.05) is 23.7 Å². The Balaban J connectivity index is 2.53. The zero-order valence-corrected chi connectivity index (χ0v) is 10.8. The Hall–Kier alpha value is -2.06. The van der Waals surface area contributed by atoms with Gasteiger partial charge in [0, 0.05) is 11.8 Å². The van der Waals surface area contributed by atoms with E-state index >= 15 is 0 Å². The Bertz CT molecular complexity index is 675. The summed E-state index contributed by atoms with van der Waals surface area (Å²) in [6.07, 6.45) is -2.92. The van der Waals surface area contributed by atoms with Crippen molar-refractivity contribution < 1.29 is 13.2 Å². The summed E-state index contributed by atoms with van der Waals surface area (Å²) < 4.78 is 38.1. The molecule has 1 aromatic heterocycles. The fourth-order valence-electron chi connectivity index (χ4n) is 1.75. The molecule has 2 aromatic rings. The molecule has 2 nitrogen and oxygen atoms in total. The average Bonchev–Trinajstić information content (AvgIpc) is 2.41. The molecule has 0 bridgehead atoms. The second kappa shape index (κ2) is 5.51. The summed E-state index contributed by atoms with van der Waals surface area (Å²) in [7, 11) is 0. The van der Waals surface area contributed by atoms with Crippen LogP contribution in [0.15, 0.2) is 36.5 Å². The zero-order chi connectivity index (χ0) is 14.8. The maximum atomic E-state index is 12.7. The number of nitriles is 1. The van der Waals surface area contributed by atoms with Crippen LogP contribution in [-0.4, -0.2) is 4.98 Å². The number of hydrogen-bond acceptors (Lipinski definition) is 2. The minimum atomic E-state index is -4.42. The quantitative estimate of drug-likeness (QED) is 0.819. The summed E-state index contributed by atoms with van der Waals surface area (Å²) >= 11 is 6.09. The van der Waals surface area contributed by atoms with Crippen LogP contribution >= 0.6 is 11.6 Å². The van der Waals surface area contributed by atoms with E-state index in [1.165, 1.54) is 18.3 Å². The van der Waals surface area contributed by atoms with Gasteiger partial charge in [0.2, 0.25) is 0 Å². The van der Waals surface area contributed by atoms with Crippen molar-refractivity contribution in [1.82, 2.24) is 4.98 Å². The van der Waals surface area contributed by atoms with E-state index in [2.05, 4.69) is 4.98 Å². The molecule has 0 saturated carbocycles. The predicted octanol–water partition coefficient (Wildman–Crippen LogP) is 4.49. The summed E-state index contributed by atoms with van der Waals surface area (Å²) in [6.45, 7) is 0. The predicted molar refractivity (Wildman–Crippen MR) is 69.0 cm³/mol. The second-order valence-electron chi connectivity index (χ2n) is 4.05. The van der Waals surface area contributed by atoms with E-state index < -0.39 is 11.7 Å². The summed E-state index contributed by atoms with van der Waals surface area (Å²) in [5.41, 5.74) is 0.283. The third kappa shape index (κ3) is 2.91. The molecule has 0 N–H and O–H groups in total. The number of nitrogens with zero attached hydrogens (tertiary/aromatic N) is 2. The first kappa shape index (κ1) is 14.4. The van der Waals surface area contributed by atoms with Crippen LogP contribution in [0.3, 0.4) is 0 Å². The first-order chi connectivity index (χ1) is 9.43. The molecule has 2 rings (SSSR count). The number of alkyl halides is 3. The minimum absolute atomic E-state index is 0.0767. The van der Waals surface area contributed by atoms with Crippen LogP contribution in [0.5, 0.6) is 0 Å². The summed E-state index contributed by atoms with van der Waals surface area (Å²) in [6, 6.07) is 8.29. The Morgan fingerprint density at radius 3 is 2.65 bits per heavy atom. The third-order valence-electron chi connectivity index (χ3n) is 2.70. The third-order valence-corrected chi connectivity index (χ3v) is 3.12. The normalized spacial score (nSPS) is 11.2. The summed E-state index contributed by atoms with van der Waals surface area (Å²) in [4.78, 5) is 4.01. The van der Waals surface area contributed by atoms with Crippen LogP contribution in [0.25, 0.3) is 11.3 Å². The molecule has 0 fully saturated rings. The molecular weight excluding hydrogens is 289 g/mol. The van der Waals surface area contributed by atoms with Gasteiger partial charge in [-0.2, -0.15) is 18.4 Å². The molecular formula is C14H8ClF3N2. The molecule has 0 aliphatic rings. The van der Waals surface area contributed by atoms with Gasteiger partial charge in [0.05, 0.1) is 28.8 Å². The standard InChI is InChI=1S/C14H8ClF3N2/c15-12-9(4-6-19)5-7-20-13(12)10-2-1-3-11(8-10)14(16,17)18/h1-3,5,7-8H,4H2. The first-order valence-corrected chi connectivity index (χ1v) is 5.99. The number of hydrogen-bond donors (Lipinski definition) is 0. The summed E-state index contributed by atoms with van der Waals surface area (Å²) in [5, 5.41) is 8.88. The van der Waals surface area contributed by atoms with E-state index in [1.54, 1.807) is 6.07 Å². The number of rotatable bonds is 2. The number of pyridine rings is 1. The molecule has 0 amide bonds. The van der Waals surface area contributed by atoms with E-state index in [0.29, 0.717) is 5.56 Å². The van der Waals surface area contributed by atoms with Crippen molar-refractivity contribution in [2.45, 2.75) is 12.6 Å². The largest absolute Gasteiger partial charge is 0.416 e. The van der Waals surface area contributed by atoms with Gasteiger partial charge in [-0.25, -0.2) is 0 Å². The first-order valence-electron chi connectivity index (χ1n) is 5.61. The topological polar surface area (TPSA) is 36.7 Å². The van der Waals surface area contributed by atoms with Crippen LogP contribution < -0.4 is 0 Å². The molecule has 20 heavy (non-hydrogen) atoms. The van der Waals surface area contributed by atoms with E-state index in [4.69, 9.17) is 16.9 Å². The van der Waals surface area contributed by atoms with Crippen LogP contribution in [0.2, 0.25) is 5.02 Å². The monoisotopic (exact) mass is 296 g/mol. The van der Waals surface area contributed by atoms with Crippen molar-refractivity contribution in [3.05, 3.63) is 52.7 Å². The lowest BCUT2D eigenvalue weighted by Gasteiger charge is -2.10. The van der Waals surface area contributed by atoms with Gasteiger partial charge in [0.25, 0.3) is 0 Å². The lowest BCUT2D eigenvalue weighted by atomic mass is 10.0. The molecule has 0 radical (unpaired) electrons. The molecule has 6 heteroatoms. The highest BCUT2D eigenvalue weighted by atomic mass is 35.5. The Kier molecular flexibility index (Phi) is 3.96. The Labute approximate surface area is 118 Å². The highest BCUT2D eigenvalue weighted by Crippen LogP contribution is 2.34. The molecule has 0 saturated heterocycles. The Morgan fingerprint density at radius 2 is 2.00 bits per heavy atom. The van der Waals surface area contributed by atoms with Gasteiger partial charge in [0.15, 0.2) is 0 Å². The van der Waals surface area contributed by atoms with Crippen LogP contribution in [-0.2, 0) is 12.6 Å². The molecule has 102 valence electrons. The fraction of sp³-hybridized carbons (Fsp3) is 0.143.